The lowest BCUT2D eigenvalue weighted by Crippen LogP contribution is -2.21. The highest BCUT2D eigenvalue weighted by atomic mass is 16.6. The molecule has 10 heteroatoms. The van der Waals surface area contributed by atoms with Gasteiger partial charge in [0.1, 0.15) is 0 Å². The zero-order valence-electron chi connectivity index (χ0n) is 17.1. The number of ether oxygens (including phenoxy) is 2. The molecule has 2 aromatic carbocycles. The number of methoxy groups -OCH3 is 1. The Balaban J connectivity index is 1.65. The first-order chi connectivity index (χ1) is 15.0. The van der Waals surface area contributed by atoms with Gasteiger partial charge in [-0.05, 0) is 42.8 Å². The lowest BCUT2D eigenvalue weighted by Gasteiger charge is -2.12. The Kier molecular flexibility index (Phi) is 7.05. The van der Waals surface area contributed by atoms with Crippen LogP contribution in [0.5, 0.6) is 6.08 Å². The van der Waals surface area contributed by atoms with E-state index in [2.05, 4.69) is 15.7 Å². The number of para-hydroxylation sites is 1. The number of anilines is 2. The quantitative estimate of drug-likeness (QED) is 0.417. The maximum Gasteiger partial charge on any atom is 0.444 e. The van der Waals surface area contributed by atoms with E-state index in [0.29, 0.717) is 23.7 Å². The van der Waals surface area contributed by atoms with Gasteiger partial charge >= 0.3 is 23.8 Å². The second kappa shape index (κ2) is 10.1. The van der Waals surface area contributed by atoms with Crippen LogP contribution < -0.4 is 21.1 Å². The summed E-state index contributed by atoms with van der Waals surface area (Å²) in [6.07, 6.45) is 1.52. The van der Waals surface area contributed by atoms with Crippen molar-refractivity contribution in [1.82, 2.24) is 9.78 Å². The number of hydrogen-bond acceptors (Lipinski definition) is 7. The molecule has 2 N–H and O–H groups in total. The highest BCUT2D eigenvalue weighted by Crippen LogP contribution is 2.18. The summed E-state index contributed by atoms with van der Waals surface area (Å²) in [6.45, 7) is 2.32. The maximum atomic E-state index is 12.4. The molecule has 0 spiro atoms. The van der Waals surface area contributed by atoms with E-state index in [1.165, 1.54) is 7.11 Å². The zero-order chi connectivity index (χ0) is 22.2. The van der Waals surface area contributed by atoms with Gasteiger partial charge < -0.3 is 24.5 Å². The molecule has 31 heavy (non-hydrogen) atoms. The van der Waals surface area contributed by atoms with Gasteiger partial charge in [-0.3, -0.25) is 0 Å². The molecule has 2 amide bonds. The molecule has 0 atom stereocenters. The van der Waals surface area contributed by atoms with Crippen molar-refractivity contribution in [2.45, 2.75) is 19.8 Å². The summed E-state index contributed by atoms with van der Waals surface area (Å²) in [5.74, 6) is -1.19. The van der Waals surface area contributed by atoms with Crippen molar-refractivity contribution in [3.63, 3.8) is 0 Å². The average molecular weight is 426 g/mol. The van der Waals surface area contributed by atoms with Gasteiger partial charge in [0.15, 0.2) is 0 Å². The molecular weight excluding hydrogens is 404 g/mol. The van der Waals surface area contributed by atoms with E-state index in [4.69, 9.17) is 13.9 Å². The maximum absolute atomic E-state index is 12.4. The molecule has 0 saturated heterocycles. The molecular formula is C21H22N4O6. The Morgan fingerprint density at radius 1 is 1.10 bits per heavy atom. The molecule has 0 aliphatic rings. The van der Waals surface area contributed by atoms with Gasteiger partial charge in [-0.25, -0.2) is 14.4 Å². The summed E-state index contributed by atoms with van der Waals surface area (Å²) in [5.41, 5.74) is 1.50. The minimum atomic E-state index is -0.697. The number of amides is 2. The third-order valence-electron chi connectivity index (χ3n) is 4.20. The van der Waals surface area contributed by atoms with Gasteiger partial charge in [-0.15, -0.1) is 0 Å². The smallest absolute Gasteiger partial charge is 0.444 e. The minimum absolute atomic E-state index is 0.154. The van der Waals surface area contributed by atoms with E-state index < -0.39 is 17.8 Å². The third kappa shape index (κ3) is 5.50. The standard InChI is InChI=1S/C21H22N4O6/c1-3-4-13-30-18(26)16-7-5-6-8-17(16)23-19(27)22-14-9-11-15(12-10-14)25-21(28)31-20(24-25)29-2/h5-12H,3-4,13H2,1-2H3,(H2,22,23,27). The average Bonchev–Trinajstić information content (AvgIpc) is 3.15. The van der Waals surface area contributed by atoms with Gasteiger partial charge in [0.25, 0.3) is 0 Å². The summed E-state index contributed by atoms with van der Waals surface area (Å²) >= 11 is 0. The molecule has 1 heterocycles. The number of benzene rings is 2. The first-order valence-electron chi connectivity index (χ1n) is 9.60. The van der Waals surface area contributed by atoms with Crippen LogP contribution in [-0.4, -0.2) is 35.5 Å². The summed E-state index contributed by atoms with van der Waals surface area (Å²) in [5, 5.41) is 9.18. The van der Waals surface area contributed by atoms with Crippen molar-refractivity contribution >= 4 is 23.4 Å². The SMILES string of the molecule is CCCCOC(=O)c1ccccc1NC(=O)Nc1ccc(-n2nc(OC)oc2=O)cc1. The van der Waals surface area contributed by atoms with Crippen LogP contribution in [0.3, 0.4) is 0 Å². The summed E-state index contributed by atoms with van der Waals surface area (Å²) in [7, 11) is 1.34. The van der Waals surface area contributed by atoms with Gasteiger partial charge in [-0.1, -0.05) is 30.6 Å². The number of urea groups is 1. The van der Waals surface area contributed by atoms with Crippen molar-refractivity contribution in [2.75, 3.05) is 24.4 Å². The molecule has 1 aromatic heterocycles. The Bertz CT molecular complexity index is 1100. The van der Waals surface area contributed by atoms with Crippen molar-refractivity contribution in [3.8, 4) is 11.8 Å². The van der Waals surface area contributed by atoms with Crippen LogP contribution in [-0.2, 0) is 4.74 Å². The number of unbranched alkanes of at least 4 members (excludes halogenated alkanes) is 1. The van der Waals surface area contributed by atoms with Gasteiger partial charge in [0.05, 0.1) is 30.7 Å². The molecule has 0 unspecified atom stereocenters. The second-order valence-corrected chi connectivity index (χ2v) is 6.41. The van der Waals surface area contributed by atoms with E-state index in [9.17, 15) is 14.4 Å². The van der Waals surface area contributed by atoms with Crippen LogP contribution in [0.25, 0.3) is 5.69 Å². The summed E-state index contributed by atoms with van der Waals surface area (Å²) in [6, 6.07) is 12.4. The van der Waals surface area contributed by atoms with E-state index in [0.717, 1.165) is 17.5 Å². The first-order valence-corrected chi connectivity index (χ1v) is 9.60. The molecule has 0 fully saturated rings. The number of nitrogens with one attached hydrogen (secondary N) is 2. The number of esters is 1. The summed E-state index contributed by atoms with van der Waals surface area (Å²) < 4.78 is 15.8. The van der Waals surface area contributed by atoms with Crippen molar-refractivity contribution < 1.29 is 23.5 Å². The van der Waals surface area contributed by atoms with E-state index in [1.807, 2.05) is 6.92 Å². The van der Waals surface area contributed by atoms with Crippen LogP contribution in [0.15, 0.2) is 57.7 Å². The number of nitrogens with zero attached hydrogens (tertiary/aromatic N) is 2. The van der Waals surface area contributed by atoms with Crippen LogP contribution >= 0.6 is 0 Å². The normalized spacial score (nSPS) is 10.4. The van der Waals surface area contributed by atoms with Crippen LogP contribution in [0.2, 0.25) is 0 Å². The monoisotopic (exact) mass is 426 g/mol. The van der Waals surface area contributed by atoms with Gasteiger partial charge in [0, 0.05) is 5.69 Å². The molecule has 3 rings (SSSR count). The fourth-order valence-corrected chi connectivity index (χ4v) is 2.63. The van der Waals surface area contributed by atoms with Crippen LogP contribution in [0.1, 0.15) is 30.1 Å². The zero-order valence-corrected chi connectivity index (χ0v) is 17.1. The fraction of sp³-hybridized carbons (Fsp3) is 0.238. The van der Waals surface area contributed by atoms with Crippen LogP contribution in [0, 0.1) is 0 Å². The highest BCUT2D eigenvalue weighted by molar-refractivity contribution is 6.05. The van der Waals surface area contributed by atoms with Crippen molar-refractivity contribution in [3.05, 3.63) is 64.6 Å². The predicted octanol–water partition coefficient (Wildman–Crippen LogP) is 3.44. The van der Waals surface area contributed by atoms with Gasteiger partial charge in [0.2, 0.25) is 0 Å². The Hall–Kier alpha value is -4.08. The first kappa shape index (κ1) is 21.6. The Morgan fingerprint density at radius 3 is 2.52 bits per heavy atom. The Labute approximate surface area is 177 Å². The molecule has 0 aliphatic carbocycles. The molecule has 0 aliphatic heterocycles. The van der Waals surface area contributed by atoms with Gasteiger partial charge in [-0.2, -0.15) is 4.68 Å². The number of aromatic nitrogens is 2. The summed E-state index contributed by atoms with van der Waals surface area (Å²) in [4.78, 5) is 36.4. The second-order valence-electron chi connectivity index (χ2n) is 6.41. The van der Waals surface area contributed by atoms with E-state index >= 15 is 0 Å². The van der Waals surface area contributed by atoms with Crippen molar-refractivity contribution in [1.29, 1.82) is 0 Å². The molecule has 0 radical (unpaired) electrons. The number of hydrogen-bond donors (Lipinski definition) is 2. The molecule has 3 aromatic rings. The number of carbonyl (C=O) groups is 2. The largest absolute Gasteiger partial charge is 0.462 e. The minimum Gasteiger partial charge on any atom is -0.462 e. The van der Waals surface area contributed by atoms with Crippen molar-refractivity contribution in [2.24, 2.45) is 0 Å². The molecule has 0 saturated carbocycles. The topological polar surface area (TPSA) is 125 Å². The number of rotatable bonds is 8. The fourth-order valence-electron chi connectivity index (χ4n) is 2.63. The lowest BCUT2D eigenvalue weighted by atomic mass is 10.2. The van der Waals surface area contributed by atoms with E-state index in [-0.39, 0.29) is 11.6 Å². The predicted molar refractivity (Wildman–Crippen MR) is 113 cm³/mol. The highest BCUT2D eigenvalue weighted by Gasteiger charge is 2.15. The molecule has 10 nitrogen and oxygen atoms in total. The number of carbonyl (C=O) groups excluding carboxylic acids is 2. The third-order valence-corrected chi connectivity index (χ3v) is 4.20. The van der Waals surface area contributed by atoms with Crippen LogP contribution in [0.4, 0.5) is 16.2 Å². The molecule has 0 bridgehead atoms. The lowest BCUT2D eigenvalue weighted by molar-refractivity contribution is 0.0501. The molecule has 162 valence electrons. The van der Waals surface area contributed by atoms with E-state index in [1.54, 1.807) is 48.5 Å². The Morgan fingerprint density at radius 2 is 1.84 bits per heavy atom.